The van der Waals surface area contributed by atoms with Crippen molar-refractivity contribution in [3.8, 4) is 0 Å². The third-order valence-corrected chi connectivity index (χ3v) is 1.18. The van der Waals surface area contributed by atoms with Crippen molar-refractivity contribution in [2.75, 3.05) is 19.8 Å². The Morgan fingerprint density at radius 2 is 2.17 bits per heavy atom. The Morgan fingerprint density at radius 1 is 1.58 bits per heavy atom. The molecule has 0 fully saturated rings. The summed E-state index contributed by atoms with van der Waals surface area (Å²) in [6.45, 7) is 6.37. The van der Waals surface area contributed by atoms with Gasteiger partial charge in [0.25, 0.3) is 0 Å². The monoisotopic (exact) mass is 234 g/mol. The zero-order valence-corrected chi connectivity index (χ0v) is 8.90. The van der Waals surface area contributed by atoms with E-state index in [0.29, 0.717) is 13.2 Å². The van der Waals surface area contributed by atoms with Crippen LogP contribution in [0, 0.1) is 0 Å². The van der Waals surface area contributed by atoms with Crippen molar-refractivity contribution >= 4 is 8.25 Å². The van der Waals surface area contributed by atoms with Gasteiger partial charge in [0.1, 0.15) is 6.61 Å². The van der Waals surface area contributed by atoms with Gasteiger partial charge >= 0.3 is 8.25 Å². The van der Waals surface area contributed by atoms with Crippen molar-refractivity contribution in [1.82, 2.24) is 0 Å². The molecule has 0 saturated carbocycles. The number of ether oxygens (including phenoxy) is 1. The van der Waals surface area contributed by atoms with E-state index in [1.165, 1.54) is 0 Å². The van der Waals surface area contributed by atoms with Crippen LogP contribution in [0.4, 0.5) is 0 Å². The quantitative estimate of drug-likeness (QED) is 0.325. The van der Waals surface area contributed by atoms with Gasteiger partial charge in [0.2, 0.25) is 0 Å². The van der Waals surface area contributed by atoms with Gasteiger partial charge in [-0.25, -0.2) is 0 Å². The van der Waals surface area contributed by atoms with E-state index in [2.05, 4.69) is 11.1 Å². The van der Waals surface area contributed by atoms with Crippen LogP contribution in [0.15, 0.2) is 12.2 Å². The molecule has 4 nitrogen and oxygen atoms in total. The minimum atomic E-state index is -2.48. The maximum atomic E-state index is 9.95. The molecule has 12 heavy (non-hydrogen) atoms. The largest absolute Gasteiger partial charge is 0.694 e. The van der Waals surface area contributed by atoms with Crippen LogP contribution in [0.2, 0.25) is 0 Å². The molecule has 0 aromatic carbocycles. The summed E-state index contributed by atoms with van der Waals surface area (Å²) >= 11 is 0. The molecule has 0 aliphatic heterocycles. The SMILES string of the molecule is C=C(C)COCCO[P+](=O)O.[Mn]. The molecular formula is C6H12MnO4P+. The average Bonchev–Trinajstić information content (AvgIpc) is 1.85. The zero-order chi connectivity index (χ0) is 8.69. The first-order valence-corrected chi connectivity index (χ1v) is 4.27. The smallest absolute Gasteiger partial charge is 0.375 e. The Morgan fingerprint density at radius 3 is 2.58 bits per heavy atom. The van der Waals surface area contributed by atoms with E-state index in [1.54, 1.807) is 0 Å². The fourth-order valence-electron chi connectivity index (χ4n) is 0.421. The summed E-state index contributed by atoms with van der Waals surface area (Å²) in [5.41, 5.74) is 0.915. The first-order chi connectivity index (χ1) is 5.13. The molecule has 6 heteroatoms. The van der Waals surface area contributed by atoms with Gasteiger partial charge in [-0.05, 0) is 6.92 Å². The third-order valence-electron chi connectivity index (χ3n) is 0.778. The summed E-state index contributed by atoms with van der Waals surface area (Å²) < 4.78 is 19.3. The predicted molar refractivity (Wildman–Crippen MR) is 41.4 cm³/mol. The summed E-state index contributed by atoms with van der Waals surface area (Å²) in [6.07, 6.45) is 0. The molecule has 0 heterocycles. The Kier molecular flexibility index (Phi) is 11.5. The molecule has 0 aromatic rings. The van der Waals surface area contributed by atoms with Crippen LogP contribution in [0.25, 0.3) is 0 Å². The molecule has 71 valence electrons. The molecule has 1 unspecified atom stereocenters. The molecule has 0 aromatic heterocycles. The zero-order valence-electron chi connectivity index (χ0n) is 6.83. The van der Waals surface area contributed by atoms with E-state index in [1.807, 2.05) is 6.92 Å². The molecule has 0 saturated heterocycles. The van der Waals surface area contributed by atoms with E-state index in [-0.39, 0.29) is 23.7 Å². The van der Waals surface area contributed by atoms with Gasteiger partial charge in [-0.3, -0.25) is 0 Å². The van der Waals surface area contributed by atoms with Crippen molar-refractivity contribution in [2.45, 2.75) is 6.92 Å². The molecule has 0 rings (SSSR count). The second kappa shape index (κ2) is 9.33. The predicted octanol–water partition coefficient (Wildman–Crippen LogP) is 1.24. The maximum Gasteiger partial charge on any atom is 0.694 e. The fourth-order valence-corrected chi connectivity index (χ4v) is 0.651. The molecular weight excluding hydrogens is 222 g/mol. The summed E-state index contributed by atoms with van der Waals surface area (Å²) in [5, 5.41) is 0. The summed E-state index contributed by atoms with van der Waals surface area (Å²) in [4.78, 5) is 8.17. The number of rotatable bonds is 6. The molecule has 0 aliphatic rings. The van der Waals surface area contributed by atoms with Crippen molar-refractivity contribution in [3.05, 3.63) is 12.2 Å². The van der Waals surface area contributed by atoms with E-state index >= 15 is 0 Å². The van der Waals surface area contributed by atoms with Crippen LogP contribution in [-0.2, 0) is 30.9 Å². The number of hydrogen-bond acceptors (Lipinski definition) is 3. The molecule has 0 aliphatic carbocycles. The van der Waals surface area contributed by atoms with Crippen molar-refractivity contribution in [3.63, 3.8) is 0 Å². The second-order valence-electron chi connectivity index (χ2n) is 2.08. The van der Waals surface area contributed by atoms with E-state index in [9.17, 15) is 4.57 Å². The van der Waals surface area contributed by atoms with Crippen molar-refractivity contribution in [1.29, 1.82) is 0 Å². The molecule has 1 radical (unpaired) electrons. The summed E-state index contributed by atoms with van der Waals surface area (Å²) in [6, 6.07) is 0. The van der Waals surface area contributed by atoms with Gasteiger partial charge in [-0.2, -0.15) is 0 Å². The standard InChI is InChI=1S/C6H11O4P.Mn/c1-6(2)5-9-3-4-10-11(7)8;/h1,3-5H2,2H3;/p+1. The van der Waals surface area contributed by atoms with Gasteiger partial charge < -0.3 is 4.74 Å². The average molecular weight is 234 g/mol. The molecule has 0 spiro atoms. The van der Waals surface area contributed by atoms with Gasteiger partial charge in [0.05, 0.1) is 13.2 Å². The van der Waals surface area contributed by atoms with E-state index in [0.717, 1.165) is 5.57 Å². The van der Waals surface area contributed by atoms with Gasteiger partial charge in [-0.1, -0.05) is 12.2 Å². The van der Waals surface area contributed by atoms with Crippen LogP contribution in [0.3, 0.4) is 0 Å². The molecule has 0 amide bonds. The fraction of sp³-hybridized carbons (Fsp3) is 0.667. The van der Waals surface area contributed by atoms with Crippen molar-refractivity contribution < 1.29 is 35.8 Å². The summed E-state index contributed by atoms with van der Waals surface area (Å²) in [5.74, 6) is 0. The third kappa shape index (κ3) is 12.9. The van der Waals surface area contributed by atoms with E-state index in [4.69, 9.17) is 9.63 Å². The molecule has 0 bridgehead atoms. The minimum Gasteiger partial charge on any atom is -0.375 e. The van der Waals surface area contributed by atoms with Gasteiger partial charge in [-0.15, -0.1) is 9.42 Å². The normalized spacial score (nSPS) is 10.3. The van der Waals surface area contributed by atoms with Crippen LogP contribution in [0.1, 0.15) is 6.92 Å². The molecule has 1 atom stereocenters. The van der Waals surface area contributed by atoms with Crippen LogP contribution in [0.5, 0.6) is 0 Å². The van der Waals surface area contributed by atoms with Crippen LogP contribution >= 0.6 is 8.25 Å². The Balaban J connectivity index is 0. The topological polar surface area (TPSA) is 55.8 Å². The Hall–Kier alpha value is 0.239. The minimum absolute atomic E-state index is 0. The summed E-state index contributed by atoms with van der Waals surface area (Å²) in [7, 11) is -2.48. The second-order valence-corrected chi connectivity index (χ2v) is 2.81. The van der Waals surface area contributed by atoms with Crippen LogP contribution < -0.4 is 0 Å². The van der Waals surface area contributed by atoms with Gasteiger partial charge in [0.15, 0.2) is 0 Å². The van der Waals surface area contributed by atoms with E-state index < -0.39 is 8.25 Å². The first kappa shape index (κ1) is 14.7. The van der Waals surface area contributed by atoms with Crippen LogP contribution in [-0.4, -0.2) is 24.7 Å². The Bertz CT molecular complexity index is 134. The number of hydrogen-bond donors (Lipinski definition) is 1. The first-order valence-electron chi connectivity index (χ1n) is 3.14. The molecule has 1 N–H and O–H groups in total. The van der Waals surface area contributed by atoms with Crippen molar-refractivity contribution in [2.24, 2.45) is 0 Å². The Labute approximate surface area is 83.4 Å². The van der Waals surface area contributed by atoms with Gasteiger partial charge in [0, 0.05) is 21.6 Å². The maximum absolute atomic E-state index is 9.95.